The van der Waals surface area contributed by atoms with Crippen molar-refractivity contribution in [2.75, 3.05) is 7.05 Å². The molecule has 0 aromatic carbocycles. The summed E-state index contributed by atoms with van der Waals surface area (Å²) in [5, 5.41) is 2.18. The number of rotatable bonds is 1. The lowest BCUT2D eigenvalue weighted by molar-refractivity contribution is -0.117. The van der Waals surface area contributed by atoms with Crippen LogP contribution in [0.5, 0.6) is 0 Å². The van der Waals surface area contributed by atoms with Crippen LogP contribution in [0.4, 0.5) is 8.78 Å². The van der Waals surface area contributed by atoms with E-state index in [-0.39, 0.29) is 6.42 Å². The van der Waals surface area contributed by atoms with E-state index < -0.39 is 23.1 Å². The number of halogens is 2. The fourth-order valence-electron chi connectivity index (χ4n) is 1.04. The van der Waals surface area contributed by atoms with Gasteiger partial charge in [-0.15, -0.1) is 0 Å². The van der Waals surface area contributed by atoms with Crippen molar-refractivity contribution >= 4 is 5.91 Å². The zero-order valence-electron chi connectivity index (χ0n) is 6.66. The summed E-state index contributed by atoms with van der Waals surface area (Å²) in [7, 11) is 1.34. The lowest BCUT2D eigenvalue weighted by Crippen LogP contribution is -2.22. The zero-order chi connectivity index (χ0) is 9.14. The first kappa shape index (κ1) is 8.90. The van der Waals surface area contributed by atoms with Crippen molar-refractivity contribution in [3.8, 4) is 0 Å². The minimum Gasteiger partial charge on any atom is -0.355 e. The van der Waals surface area contributed by atoms with Crippen molar-refractivity contribution < 1.29 is 13.6 Å². The summed E-state index contributed by atoms with van der Waals surface area (Å²) in [4.78, 5) is 10.9. The van der Waals surface area contributed by atoms with Gasteiger partial charge in [-0.05, 0) is 12.5 Å². The first-order valence-corrected chi connectivity index (χ1v) is 3.63. The summed E-state index contributed by atoms with van der Waals surface area (Å²) in [6, 6.07) is 0. The summed E-state index contributed by atoms with van der Waals surface area (Å²) in [6.45, 7) is 0. The lowest BCUT2D eigenvalue weighted by Gasteiger charge is -2.09. The molecule has 1 rings (SSSR count). The van der Waals surface area contributed by atoms with Gasteiger partial charge in [-0.1, -0.05) is 0 Å². The van der Waals surface area contributed by atoms with Crippen LogP contribution >= 0.6 is 0 Å². The Balaban J connectivity index is 2.98. The largest absolute Gasteiger partial charge is 0.355 e. The Morgan fingerprint density at radius 2 is 2.25 bits per heavy atom. The van der Waals surface area contributed by atoms with E-state index in [9.17, 15) is 13.6 Å². The number of allylic oxidation sites excluding steroid dienone is 2. The van der Waals surface area contributed by atoms with Crippen LogP contribution in [0.15, 0.2) is 23.3 Å². The molecule has 4 heteroatoms. The molecule has 0 unspecified atom stereocenters. The lowest BCUT2D eigenvalue weighted by atomic mass is 10.0. The second kappa shape index (κ2) is 3.47. The quantitative estimate of drug-likeness (QED) is 0.641. The van der Waals surface area contributed by atoms with Gasteiger partial charge in [0.25, 0.3) is 5.91 Å². The van der Waals surface area contributed by atoms with Crippen LogP contribution in [0.2, 0.25) is 0 Å². The van der Waals surface area contributed by atoms with E-state index in [4.69, 9.17) is 0 Å². The number of hydrogen-bond acceptors (Lipinski definition) is 1. The molecular weight excluding hydrogens is 164 g/mol. The third-order valence-corrected chi connectivity index (χ3v) is 1.65. The Bertz CT molecular complexity index is 268. The van der Waals surface area contributed by atoms with Gasteiger partial charge < -0.3 is 5.32 Å². The van der Waals surface area contributed by atoms with E-state index in [2.05, 4.69) is 5.32 Å². The molecule has 0 saturated heterocycles. The molecule has 2 nitrogen and oxygen atoms in total. The van der Waals surface area contributed by atoms with Gasteiger partial charge in [0.1, 0.15) is 17.2 Å². The van der Waals surface area contributed by atoms with E-state index in [1.54, 1.807) is 0 Å². The highest BCUT2D eigenvalue weighted by molar-refractivity contribution is 5.97. The molecule has 1 aliphatic rings. The van der Waals surface area contributed by atoms with Crippen molar-refractivity contribution in [1.29, 1.82) is 0 Å². The molecule has 0 spiro atoms. The molecule has 12 heavy (non-hydrogen) atoms. The SMILES string of the molecule is CNC(=O)C1=C(F)CCC=C1F. The summed E-state index contributed by atoms with van der Waals surface area (Å²) < 4.78 is 25.7. The molecule has 1 aliphatic carbocycles. The maximum Gasteiger partial charge on any atom is 0.256 e. The van der Waals surface area contributed by atoms with Crippen LogP contribution in [-0.2, 0) is 4.79 Å². The molecule has 0 aromatic heterocycles. The topological polar surface area (TPSA) is 29.1 Å². The molecule has 0 aromatic rings. The summed E-state index contributed by atoms with van der Waals surface area (Å²) in [6.07, 6.45) is 1.64. The van der Waals surface area contributed by atoms with Crippen LogP contribution < -0.4 is 5.32 Å². The van der Waals surface area contributed by atoms with Gasteiger partial charge in [0.2, 0.25) is 0 Å². The molecule has 0 heterocycles. The normalized spacial score (nSPS) is 17.4. The molecule has 0 bridgehead atoms. The second-order valence-corrected chi connectivity index (χ2v) is 2.45. The Morgan fingerprint density at radius 1 is 1.58 bits per heavy atom. The summed E-state index contributed by atoms with van der Waals surface area (Å²) in [5.41, 5.74) is -0.455. The van der Waals surface area contributed by atoms with Gasteiger partial charge in [0.15, 0.2) is 0 Å². The zero-order valence-corrected chi connectivity index (χ0v) is 6.66. The highest BCUT2D eigenvalue weighted by atomic mass is 19.1. The number of hydrogen-bond donors (Lipinski definition) is 1. The molecule has 1 amide bonds. The van der Waals surface area contributed by atoms with Crippen molar-refractivity contribution in [2.45, 2.75) is 12.8 Å². The van der Waals surface area contributed by atoms with E-state index >= 15 is 0 Å². The minimum atomic E-state index is -0.766. The van der Waals surface area contributed by atoms with Gasteiger partial charge in [-0.25, -0.2) is 8.78 Å². The molecule has 1 N–H and O–H groups in total. The van der Waals surface area contributed by atoms with Crippen molar-refractivity contribution in [1.82, 2.24) is 5.32 Å². The number of amides is 1. The van der Waals surface area contributed by atoms with Gasteiger partial charge in [-0.2, -0.15) is 0 Å². The van der Waals surface area contributed by atoms with Crippen LogP contribution in [0.3, 0.4) is 0 Å². The highest BCUT2D eigenvalue weighted by Crippen LogP contribution is 2.26. The number of likely N-dealkylation sites (N-methyl/N-ethyl adjacent to an activating group) is 1. The van der Waals surface area contributed by atoms with Crippen LogP contribution in [0.1, 0.15) is 12.8 Å². The summed E-state index contributed by atoms with van der Waals surface area (Å²) >= 11 is 0. The number of nitrogens with one attached hydrogen (secondary N) is 1. The van der Waals surface area contributed by atoms with Crippen LogP contribution in [-0.4, -0.2) is 13.0 Å². The van der Waals surface area contributed by atoms with Gasteiger partial charge >= 0.3 is 0 Å². The fraction of sp³-hybridized carbons (Fsp3) is 0.375. The van der Waals surface area contributed by atoms with Gasteiger partial charge in [-0.3, -0.25) is 4.79 Å². The van der Waals surface area contributed by atoms with Crippen molar-refractivity contribution in [3.63, 3.8) is 0 Å². The Labute approximate surface area is 69.0 Å². The van der Waals surface area contributed by atoms with Crippen molar-refractivity contribution in [2.24, 2.45) is 0 Å². The maximum atomic E-state index is 12.9. The average molecular weight is 173 g/mol. The monoisotopic (exact) mass is 173 g/mol. The van der Waals surface area contributed by atoms with E-state index in [1.807, 2.05) is 0 Å². The molecular formula is C8H9F2NO. The Morgan fingerprint density at radius 3 is 2.75 bits per heavy atom. The first-order valence-electron chi connectivity index (χ1n) is 3.63. The third-order valence-electron chi connectivity index (χ3n) is 1.65. The second-order valence-electron chi connectivity index (χ2n) is 2.45. The van der Waals surface area contributed by atoms with E-state index in [0.29, 0.717) is 6.42 Å². The van der Waals surface area contributed by atoms with Gasteiger partial charge in [0.05, 0.1) is 0 Å². The molecule has 0 fully saturated rings. The van der Waals surface area contributed by atoms with Gasteiger partial charge in [0, 0.05) is 13.5 Å². The smallest absolute Gasteiger partial charge is 0.256 e. The standard InChI is InChI=1S/C8H9F2NO/c1-11-8(12)7-5(9)3-2-4-6(7)10/h3H,2,4H2,1H3,(H,11,12). The number of carbonyl (C=O) groups excluding carboxylic acids is 1. The molecule has 0 radical (unpaired) electrons. The average Bonchev–Trinajstić information content (AvgIpc) is 2.03. The maximum absolute atomic E-state index is 12.9. The Kier molecular flexibility index (Phi) is 2.58. The molecule has 0 aliphatic heterocycles. The van der Waals surface area contributed by atoms with E-state index in [0.717, 1.165) is 0 Å². The summed E-state index contributed by atoms with van der Waals surface area (Å²) in [5.74, 6) is -2.14. The Hall–Kier alpha value is -1.19. The molecule has 0 atom stereocenters. The minimum absolute atomic E-state index is 0.107. The van der Waals surface area contributed by atoms with Crippen LogP contribution in [0.25, 0.3) is 0 Å². The molecule has 0 saturated carbocycles. The van der Waals surface area contributed by atoms with Crippen molar-refractivity contribution in [3.05, 3.63) is 23.3 Å². The van der Waals surface area contributed by atoms with E-state index in [1.165, 1.54) is 13.1 Å². The predicted octanol–water partition coefficient (Wildman–Crippen LogP) is 1.60. The third kappa shape index (κ3) is 1.52. The van der Waals surface area contributed by atoms with Crippen LogP contribution in [0, 0.1) is 0 Å². The highest BCUT2D eigenvalue weighted by Gasteiger charge is 2.21. The fourth-order valence-corrected chi connectivity index (χ4v) is 1.04. The molecule has 66 valence electrons. The number of carbonyl (C=O) groups is 1. The predicted molar refractivity (Wildman–Crippen MR) is 40.6 cm³/mol. The first-order chi connectivity index (χ1) is 5.66.